The first-order chi connectivity index (χ1) is 16.0. The molecule has 2 N–H and O–H groups in total. The number of rotatable bonds is 8. The predicted octanol–water partition coefficient (Wildman–Crippen LogP) is 4.16. The van der Waals surface area contributed by atoms with Gasteiger partial charge in [0.2, 0.25) is 5.91 Å². The number of amides is 2. The molecule has 7 heteroatoms. The highest BCUT2D eigenvalue weighted by atomic mass is 16.5. The van der Waals surface area contributed by atoms with Gasteiger partial charge in [-0.15, -0.1) is 0 Å². The second-order valence-electron chi connectivity index (χ2n) is 8.70. The van der Waals surface area contributed by atoms with Gasteiger partial charge >= 0.3 is 12.1 Å². The molecule has 2 aromatic rings. The van der Waals surface area contributed by atoms with Crippen LogP contribution in [-0.4, -0.2) is 53.2 Å². The van der Waals surface area contributed by atoms with Crippen molar-refractivity contribution in [1.82, 2.24) is 10.2 Å². The zero-order chi connectivity index (χ0) is 23.4. The highest BCUT2D eigenvalue weighted by molar-refractivity contribution is 5.87. The molecule has 4 rings (SSSR count). The van der Waals surface area contributed by atoms with E-state index < -0.39 is 17.6 Å². The van der Waals surface area contributed by atoms with Crippen LogP contribution in [0.5, 0.6) is 0 Å². The average Bonchev–Trinajstić information content (AvgIpc) is 3.41. The van der Waals surface area contributed by atoms with Gasteiger partial charge in [0.1, 0.15) is 12.1 Å². The summed E-state index contributed by atoms with van der Waals surface area (Å²) in [6.07, 6.45) is 1.69. The Morgan fingerprint density at radius 2 is 1.73 bits per heavy atom. The Hall–Kier alpha value is -3.35. The second-order valence-corrected chi connectivity index (χ2v) is 8.70. The van der Waals surface area contributed by atoms with Crippen LogP contribution in [0.1, 0.15) is 56.1 Å². The minimum atomic E-state index is -1.09. The zero-order valence-electron chi connectivity index (χ0n) is 18.9. The number of nitrogens with one attached hydrogen (secondary N) is 1. The van der Waals surface area contributed by atoms with Crippen molar-refractivity contribution in [2.75, 3.05) is 19.7 Å². The van der Waals surface area contributed by atoms with Gasteiger partial charge in [0.25, 0.3) is 0 Å². The van der Waals surface area contributed by atoms with Crippen molar-refractivity contribution >= 4 is 18.0 Å². The molecule has 0 aromatic heterocycles. The van der Waals surface area contributed by atoms with E-state index in [1.165, 1.54) is 16.0 Å². The lowest BCUT2D eigenvalue weighted by molar-refractivity contribution is -0.156. The number of carbonyl (C=O) groups is 3. The van der Waals surface area contributed by atoms with Gasteiger partial charge in [-0.25, -0.2) is 9.59 Å². The fourth-order valence-corrected chi connectivity index (χ4v) is 5.20. The van der Waals surface area contributed by atoms with E-state index in [0.717, 1.165) is 11.1 Å². The number of likely N-dealkylation sites (tertiary alicyclic amines) is 1. The normalized spacial score (nSPS) is 19.1. The summed E-state index contributed by atoms with van der Waals surface area (Å²) in [4.78, 5) is 38.1. The first-order valence-electron chi connectivity index (χ1n) is 11.6. The summed E-state index contributed by atoms with van der Waals surface area (Å²) in [5, 5.41) is 12.3. The number of hydrogen-bond acceptors (Lipinski definition) is 4. The number of benzene rings is 2. The lowest BCUT2D eigenvalue weighted by atomic mass is 9.92. The molecule has 1 atom stereocenters. The Morgan fingerprint density at radius 1 is 1.09 bits per heavy atom. The molecule has 1 fully saturated rings. The van der Waals surface area contributed by atoms with Crippen molar-refractivity contribution in [3.63, 3.8) is 0 Å². The molecule has 174 valence electrons. The molecular formula is C26H30N2O5. The number of carboxylic acids is 1. The standard InChI is InChI=1S/C26H30N2O5/c1-2-26(24(30)31)14-8-16-28(26)23(29)13-7-15-27-25(32)33-17-22-20-11-5-3-9-18(20)19-10-4-6-12-21(19)22/h3-6,9-12,22H,2,7-8,13-17H2,1H3,(H,27,32)(H,30,31). The largest absolute Gasteiger partial charge is 0.479 e. The lowest BCUT2D eigenvalue weighted by Gasteiger charge is -2.34. The van der Waals surface area contributed by atoms with Crippen molar-refractivity contribution in [2.45, 2.75) is 50.5 Å². The maximum absolute atomic E-state index is 12.6. The number of alkyl carbamates (subject to hydrolysis) is 1. The van der Waals surface area contributed by atoms with E-state index in [4.69, 9.17) is 4.74 Å². The fraction of sp³-hybridized carbons (Fsp3) is 0.423. The summed E-state index contributed by atoms with van der Waals surface area (Å²) in [7, 11) is 0. The van der Waals surface area contributed by atoms with Crippen LogP contribution in [0.2, 0.25) is 0 Å². The molecule has 2 aromatic carbocycles. The van der Waals surface area contributed by atoms with Crippen LogP contribution in [0.3, 0.4) is 0 Å². The van der Waals surface area contributed by atoms with Crippen LogP contribution >= 0.6 is 0 Å². The van der Waals surface area contributed by atoms with Crippen molar-refractivity contribution in [2.24, 2.45) is 0 Å². The van der Waals surface area contributed by atoms with Crippen molar-refractivity contribution < 1.29 is 24.2 Å². The number of aliphatic carboxylic acids is 1. The number of carbonyl (C=O) groups excluding carboxylic acids is 2. The SMILES string of the molecule is CCC1(C(=O)O)CCCN1C(=O)CCCNC(=O)OCC1c2ccccc2-c2ccccc21. The molecule has 1 heterocycles. The zero-order valence-corrected chi connectivity index (χ0v) is 18.9. The minimum Gasteiger partial charge on any atom is -0.479 e. The molecule has 1 aliphatic heterocycles. The Morgan fingerprint density at radius 3 is 2.33 bits per heavy atom. The minimum absolute atomic E-state index is 0.00178. The quantitative estimate of drug-likeness (QED) is 0.589. The molecule has 1 saturated heterocycles. The Labute approximate surface area is 193 Å². The molecule has 0 saturated carbocycles. The molecular weight excluding hydrogens is 420 g/mol. The first kappa shape index (κ1) is 22.8. The predicted molar refractivity (Wildman–Crippen MR) is 124 cm³/mol. The van der Waals surface area contributed by atoms with E-state index in [9.17, 15) is 19.5 Å². The smallest absolute Gasteiger partial charge is 0.407 e. The summed E-state index contributed by atoms with van der Waals surface area (Å²) in [5.74, 6) is -1.11. The van der Waals surface area contributed by atoms with Crippen LogP contribution in [0.25, 0.3) is 11.1 Å². The summed E-state index contributed by atoms with van der Waals surface area (Å²) < 4.78 is 5.51. The van der Waals surface area contributed by atoms with Crippen molar-refractivity contribution in [3.05, 3.63) is 59.7 Å². The van der Waals surface area contributed by atoms with Gasteiger partial charge < -0.3 is 20.1 Å². The summed E-state index contributed by atoms with van der Waals surface area (Å²) in [6, 6.07) is 16.3. The van der Waals surface area contributed by atoms with Crippen molar-refractivity contribution in [1.29, 1.82) is 0 Å². The van der Waals surface area contributed by atoms with E-state index in [-0.39, 0.29) is 24.9 Å². The molecule has 33 heavy (non-hydrogen) atoms. The maximum Gasteiger partial charge on any atom is 0.407 e. The highest BCUT2D eigenvalue weighted by Gasteiger charge is 2.48. The van der Waals surface area contributed by atoms with E-state index in [1.807, 2.05) is 24.3 Å². The number of ether oxygens (including phenoxy) is 1. The van der Waals surface area contributed by atoms with Gasteiger partial charge in [0, 0.05) is 25.4 Å². The van der Waals surface area contributed by atoms with Gasteiger partial charge in [-0.1, -0.05) is 55.5 Å². The van der Waals surface area contributed by atoms with Crippen LogP contribution in [0.4, 0.5) is 4.79 Å². The third-order valence-corrected chi connectivity index (χ3v) is 6.95. The molecule has 0 radical (unpaired) electrons. The Balaban J connectivity index is 1.25. The van der Waals surface area contributed by atoms with Crippen LogP contribution < -0.4 is 5.32 Å². The van der Waals surface area contributed by atoms with Crippen LogP contribution in [-0.2, 0) is 14.3 Å². The van der Waals surface area contributed by atoms with E-state index >= 15 is 0 Å². The Bertz CT molecular complexity index is 1010. The van der Waals surface area contributed by atoms with E-state index in [0.29, 0.717) is 38.8 Å². The third-order valence-electron chi connectivity index (χ3n) is 6.95. The van der Waals surface area contributed by atoms with Crippen LogP contribution in [0, 0.1) is 0 Å². The molecule has 0 bridgehead atoms. The molecule has 7 nitrogen and oxygen atoms in total. The van der Waals surface area contributed by atoms with Gasteiger partial charge in [-0.3, -0.25) is 4.79 Å². The van der Waals surface area contributed by atoms with Gasteiger partial charge in [-0.05, 0) is 47.9 Å². The van der Waals surface area contributed by atoms with Crippen molar-refractivity contribution in [3.8, 4) is 11.1 Å². The molecule has 1 unspecified atom stereocenters. The summed E-state index contributed by atoms with van der Waals surface area (Å²) in [6.45, 7) is 2.81. The highest BCUT2D eigenvalue weighted by Crippen LogP contribution is 2.44. The first-order valence-corrected chi connectivity index (χ1v) is 11.6. The van der Waals surface area contributed by atoms with Gasteiger partial charge in [-0.2, -0.15) is 0 Å². The molecule has 2 amide bonds. The lowest BCUT2D eigenvalue weighted by Crippen LogP contribution is -2.52. The molecule has 0 spiro atoms. The summed E-state index contributed by atoms with van der Waals surface area (Å²) in [5.41, 5.74) is 3.57. The van der Waals surface area contributed by atoms with E-state index in [2.05, 4.69) is 29.6 Å². The Kier molecular flexibility index (Phi) is 6.67. The third kappa shape index (κ3) is 4.32. The van der Waals surface area contributed by atoms with Gasteiger partial charge in [0.05, 0.1) is 0 Å². The van der Waals surface area contributed by atoms with Gasteiger partial charge in [0.15, 0.2) is 0 Å². The second kappa shape index (κ2) is 9.65. The fourth-order valence-electron chi connectivity index (χ4n) is 5.20. The summed E-state index contributed by atoms with van der Waals surface area (Å²) >= 11 is 0. The molecule has 2 aliphatic rings. The van der Waals surface area contributed by atoms with Crippen LogP contribution in [0.15, 0.2) is 48.5 Å². The van der Waals surface area contributed by atoms with E-state index in [1.54, 1.807) is 6.92 Å². The molecule has 1 aliphatic carbocycles. The topological polar surface area (TPSA) is 95.9 Å². The maximum atomic E-state index is 12.6. The number of nitrogens with zero attached hydrogens (tertiary/aromatic N) is 1. The average molecular weight is 451 g/mol. The monoisotopic (exact) mass is 450 g/mol. The number of hydrogen-bond donors (Lipinski definition) is 2. The number of fused-ring (bicyclic) bond motifs is 3. The number of carboxylic acid groups (broad SMARTS) is 1.